The molecule has 1 N–H and O–H groups in total. The first-order valence-corrected chi connectivity index (χ1v) is 6.69. The van der Waals surface area contributed by atoms with Crippen LogP contribution >= 0.6 is 11.3 Å². The Morgan fingerprint density at radius 2 is 2.18 bits per heavy atom. The number of rotatable bonds is 3. The lowest BCUT2D eigenvalue weighted by atomic mass is 9.78. The van der Waals surface area contributed by atoms with Gasteiger partial charge in [0.15, 0.2) is 0 Å². The molecule has 0 bridgehead atoms. The second-order valence-corrected chi connectivity index (χ2v) is 5.49. The Labute approximate surface area is 105 Å². The largest absolute Gasteiger partial charge is 0.311 e. The molecule has 0 aliphatic heterocycles. The van der Waals surface area contributed by atoms with Crippen LogP contribution in [0.3, 0.4) is 0 Å². The van der Waals surface area contributed by atoms with E-state index < -0.39 is 0 Å². The summed E-state index contributed by atoms with van der Waals surface area (Å²) in [5, 5.41) is 14.0. The molecule has 1 aromatic heterocycles. The molecule has 17 heavy (non-hydrogen) atoms. The predicted octanol–water partition coefficient (Wildman–Crippen LogP) is 2.51. The standard InChI is InChI=1S/C13H15N3S/c1-8(14-2)12-15-16-13(17-12)11-7-9-5-3-4-6-10(9)11/h3-6,8,11,14H,7H2,1-2H3. The van der Waals surface area contributed by atoms with Gasteiger partial charge < -0.3 is 5.32 Å². The van der Waals surface area contributed by atoms with Crippen molar-refractivity contribution in [1.82, 2.24) is 15.5 Å². The van der Waals surface area contributed by atoms with E-state index in [4.69, 9.17) is 0 Å². The molecular formula is C13H15N3S. The minimum absolute atomic E-state index is 0.288. The first-order valence-electron chi connectivity index (χ1n) is 5.88. The summed E-state index contributed by atoms with van der Waals surface area (Å²) in [4.78, 5) is 0. The molecule has 2 aromatic rings. The van der Waals surface area contributed by atoms with E-state index in [0.29, 0.717) is 5.92 Å². The van der Waals surface area contributed by atoms with Gasteiger partial charge in [-0.25, -0.2) is 0 Å². The minimum Gasteiger partial charge on any atom is -0.311 e. The van der Waals surface area contributed by atoms with E-state index in [0.717, 1.165) is 16.4 Å². The molecule has 0 amide bonds. The maximum absolute atomic E-state index is 4.33. The maximum atomic E-state index is 4.33. The summed E-state index contributed by atoms with van der Waals surface area (Å²) in [6.07, 6.45) is 1.11. The number of benzene rings is 1. The van der Waals surface area contributed by atoms with Crippen molar-refractivity contribution in [2.75, 3.05) is 7.05 Å². The van der Waals surface area contributed by atoms with Crippen molar-refractivity contribution in [3.05, 3.63) is 45.4 Å². The fourth-order valence-electron chi connectivity index (χ4n) is 2.16. The Kier molecular flexibility index (Phi) is 2.68. The summed E-state index contributed by atoms with van der Waals surface area (Å²) in [5.41, 5.74) is 2.88. The third-order valence-corrected chi connectivity index (χ3v) is 4.63. The Bertz CT molecular complexity index is 535. The quantitative estimate of drug-likeness (QED) is 0.903. The first kappa shape index (κ1) is 10.9. The zero-order chi connectivity index (χ0) is 11.8. The fraction of sp³-hybridized carbons (Fsp3) is 0.385. The van der Waals surface area contributed by atoms with Crippen LogP contribution in [0, 0.1) is 0 Å². The topological polar surface area (TPSA) is 37.8 Å². The summed E-state index contributed by atoms with van der Waals surface area (Å²) in [5.74, 6) is 0.474. The van der Waals surface area contributed by atoms with Crippen molar-refractivity contribution in [2.24, 2.45) is 0 Å². The van der Waals surface area contributed by atoms with Crippen LogP contribution in [0.2, 0.25) is 0 Å². The zero-order valence-corrected chi connectivity index (χ0v) is 10.8. The molecule has 0 saturated carbocycles. The van der Waals surface area contributed by atoms with Gasteiger partial charge in [-0.2, -0.15) is 0 Å². The molecule has 4 heteroatoms. The molecule has 3 rings (SSSR count). The second-order valence-electron chi connectivity index (χ2n) is 4.44. The molecule has 88 valence electrons. The van der Waals surface area contributed by atoms with Crippen molar-refractivity contribution >= 4 is 11.3 Å². The zero-order valence-electron chi connectivity index (χ0n) is 9.97. The molecule has 3 nitrogen and oxygen atoms in total. The molecule has 1 heterocycles. The third-order valence-electron chi connectivity index (χ3n) is 3.41. The lowest BCUT2D eigenvalue weighted by molar-refractivity contribution is 0.636. The van der Waals surface area contributed by atoms with Crippen LogP contribution in [0.5, 0.6) is 0 Å². The van der Waals surface area contributed by atoms with Crippen LogP contribution in [0.4, 0.5) is 0 Å². The number of aromatic nitrogens is 2. The number of hydrogen-bond donors (Lipinski definition) is 1. The second kappa shape index (κ2) is 4.20. The van der Waals surface area contributed by atoms with Crippen molar-refractivity contribution in [1.29, 1.82) is 0 Å². The number of fused-ring (bicyclic) bond motifs is 1. The predicted molar refractivity (Wildman–Crippen MR) is 69.4 cm³/mol. The normalized spacial score (nSPS) is 19.5. The Morgan fingerprint density at radius 3 is 2.94 bits per heavy atom. The van der Waals surface area contributed by atoms with E-state index in [2.05, 4.69) is 46.7 Å². The molecule has 1 aliphatic rings. The van der Waals surface area contributed by atoms with E-state index in [1.807, 2.05) is 7.05 Å². The third kappa shape index (κ3) is 1.77. The van der Waals surface area contributed by atoms with Crippen molar-refractivity contribution in [2.45, 2.75) is 25.3 Å². The van der Waals surface area contributed by atoms with Gasteiger partial charge in [0, 0.05) is 5.92 Å². The van der Waals surface area contributed by atoms with E-state index in [1.165, 1.54) is 11.1 Å². The lowest BCUT2D eigenvalue weighted by Gasteiger charge is -2.27. The summed E-state index contributed by atoms with van der Waals surface area (Å²) in [6.45, 7) is 2.11. The Hall–Kier alpha value is -1.26. The summed E-state index contributed by atoms with van der Waals surface area (Å²) >= 11 is 1.73. The Morgan fingerprint density at radius 1 is 1.35 bits per heavy atom. The minimum atomic E-state index is 0.288. The molecule has 2 unspecified atom stereocenters. The van der Waals surface area contributed by atoms with Crippen LogP contribution < -0.4 is 5.32 Å². The van der Waals surface area contributed by atoms with Gasteiger partial charge in [0.2, 0.25) is 0 Å². The molecule has 1 aliphatic carbocycles. The van der Waals surface area contributed by atoms with E-state index in [1.54, 1.807) is 11.3 Å². The van der Waals surface area contributed by atoms with Crippen LogP contribution in [0.1, 0.15) is 40.0 Å². The van der Waals surface area contributed by atoms with Gasteiger partial charge in [0.25, 0.3) is 0 Å². The lowest BCUT2D eigenvalue weighted by Crippen LogP contribution is -2.17. The number of nitrogens with zero attached hydrogens (tertiary/aromatic N) is 2. The monoisotopic (exact) mass is 245 g/mol. The van der Waals surface area contributed by atoms with Crippen LogP contribution in [0.15, 0.2) is 24.3 Å². The van der Waals surface area contributed by atoms with E-state index in [9.17, 15) is 0 Å². The molecule has 2 atom stereocenters. The molecule has 1 aromatic carbocycles. The summed E-state index contributed by atoms with van der Waals surface area (Å²) < 4.78 is 0. The average Bonchev–Trinajstić information content (AvgIpc) is 2.79. The van der Waals surface area contributed by atoms with Crippen molar-refractivity contribution in [3.8, 4) is 0 Å². The van der Waals surface area contributed by atoms with E-state index in [-0.39, 0.29) is 6.04 Å². The van der Waals surface area contributed by atoms with Crippen LogP contribution in [0.25, 0.3) is 0 Å². The van der Waals surface area contributed by atoms with Gasteiger partial charge in [-0.15, -0.1) is 10.2 Å². The average molecular weight is 245 g/mol. The van der Waals surface area contributed by atoms with Gasteiger partial charge >= 0.3 is 0 Å². The van der Waals surface area contributed by atoms with Gasteiger partial charge in [-0.1, -0.05) is 35.6 Å². The number of hydrogen-bond acceptors (Lipinski definition) is 4. The number of nitrogens with one attached hydrogen (secondary N) is 1. The molecule has 0 fully saturated rings. The van der Waals surface area contributed by atoms with Crippen LogP contribution in [-0.2, 0) is 6.42 Å². The van der Waals surface area contributed by atoms with Gasteiger partial charge in [0.05, 0.1) is 6.04 Å². The summed E-state index contributed by atoms with van der Waals surface area (Å²) in [6, 6.07) is 8.89. The van der Waals surface area contributed by atoms with Gasteiger partial charge in [-0.3, -0.25) is 0 Å². The highest BCUT2D eigenvalue weighted by Crippen LogP contribution is 2.41. The smallest absolute Gasteiger partial charge is 0.134 e. The molecule has 0 spiro atoms. The van der Waals surface area contributed by atoms with Gasteiger partial charge in [-0.05, 0) is 31.5 Å². The highest BCUT2D eigenvalue weighted by Gasteiger charge is 2.30. The highest BCUT2D eigenvalue weighted by molar-refractivity contribution is 7.11. The molecule has 0 radical (unpaired) electrons. The maximum Gasteiger partial charge on any atom is 0.134 e. The summed E-state index contributed by atoms with van der Waals surface area (Å²) in [7, 11) is 1.95. The molecule has 0 saturated heterocycles. The van der Waals surface area contributed by atoms with Crippen LogP contribution in [-0.4, -0.2) is 17.2 Å². The highest BCUT2D eigenvalue weighted by atomic mass is 32.1. The van der Waals surface area contributed by atoms with Crippen molar-refractivity contribution < 1.29 is 0 Å². The van der Waals surface area contributed by atoms with Crippen molar-refractivity contribution in [3.63, 3.8) is 0 Å². The molecular weight excluding hydrogens is 230 g/mol. The first-order chi connectivity index (χ1) is 8.29. The SMILES string of the molecule is CNC(C)c1nnc(C2Cc3ccccc32)s1. The van der Waals surface area contributed by atoms with Gasteiger partial charge in [0.1, 0.15) is 10.0 Å². The fourth-order valence-corrected chi connectivity index (χ4v) is 3.19. The van der Waals surface area contributed by atoms with E-state index >= 15 is 0 Å². The Balaban J connectivity index is 1.86.